The van der Waals surface area contributed by atoms with Crippen LogP contribution in [0.4, 0.5) is 0 Å². The number of carbonyl (C=O) groups is 1. The van der Waals surface area contributed by atoms with Gasteiger partial charge in [-0.3, -0.25) is 4.79 Å². The summed E-state index contributed by atoms with van der Waals surface area (Å²) in [5, 5.41) is 0. The number of rotatable bonds is 1. The first kappa shape index (κ1) is 9.73. The molecule has 0 aliphatic carbocycles. The average Bonchev–Trinajstić information content (AvgIpc) is 2.73. The zero-order chi connectivity index (χ0) is 10.1. The van der Waals surface area contributed by atoms with E-state index in [2.05, 4.69) is 15.9 Å². The molecule has 1 aliphatic rings. The molecule has 1 fully saturated rings. The van der Waals surface area contributed by atoms with E-state index in [1.807, 2.05) is 0 Å². The highest BCUT2D eigenvalue weighted by Crippen LogP contribution is 2.21. The standard InChI is InChI=1S/C9H11BrN2O2/c10-8-7(2-4-14-8)9(13)12-3-1-6(11)5-12/h2,4,6H,1,3,5,11H2/t6-/m0/s1. The van der Waals surface area contributed by atoms with Crippen molar-refractivity contribution in [2.75, 3.05) is 13.1 Å². The maximum absolute atomic E-state index is 11.9. The fraction of sp³-hybridized carbons (Fsp3) is 0.444. The van der Waals surface area contributed by atoms with Crippen LogP contribution in [0.15, 0.2) is 21.4 Å². The Bertz CT molecular complexity index is 350. The lowest BCUT2D eigenvalue weighted by Gasteiger charge is -2.14. The highest BCUT2D eigenvalue weighted by atomic mass is 79.9. The van der Waals surface area contributed by atoms with Crippen LogP contribution in [-0.4, -0.2) is 29.9 Å². The maximum atomic E-state index is 11.9. The molecule has 0 saturated carbocycles. The van der Waals surface area contributed by atoms with Gasteiger partial charge in [0.15, 0.2) is 4.67 Å². The van der Waals surface area contributed by atoms with Gasteiger partial charge >= 0.3 is 0 Å². The molecule has 0 unspecified atom stereocenters. The van der Waals surface area contributed by atoms with Crippen LogP contribution in [0, 0.1) is 0 Å². The molecule has 2 rings (SSSR count). The summed E-state index contributed by atoms with van der Waals surface area (Å²) in [6, 6.07) is 1.78. The zero-order valence-electron chi connectivity index (χ0n) is 7.57. The molecule has 0 radical (unpaired) electrons. The third-order valence-electron chi connectivity index (χ3n) is 2.36. The smallest absolute Gasteiger partial charge is 0.258 e. The molecule has 1 aromatic heterocycles. The number of nitrogens with two attached hydrogens (primary N) is 1. The van der Waals surface area contributed by atoms with E-state index in [0.29, 0.717) is 16.8 Å². The summed E-state index contributed by atoms with van der Waals surface area (Å²) in [7, 11) is 0. The molecule has 2 heterocycles. The summed E-state index contributed by atoms with van der Waals surface area (Å²) < 4.78 is 5.50. The Morgan fingerprint density at radius 1 is 1.71 bits per heavy atom. The van der Waals surface area contributed by atoms with Crippen molar-refractivity contribution in [3.05, 3.63) is 22.6 Å². The van der Waals surface area contributed by atoms with E-state index in [9.17, 15) is 4.79 Å². The second-order valence-corrected chi connectivity index (χ2v) is 4.13. The number of carbonyl (C=O) groups excluding carboxylic acids is 1. The SMILES string of the molecule is N[C@H]1CCN(C(=O)c2ccoc2Br)C1. The lowest BCUT2D eigenvalue weighted by Crippen LogP contribution is -2.31. The molecule has 4 nitrogen and oxygen atoms in total. The molecule has 0 aromatic carbocycles. The summed E-state index contributed by atoms with van der Waals surface area (Å²) in [6.45, 7) is 1.37. The molecular weight excluding hydrogens is 248 g/mol. The Labute approximate surface area is 90.2 Å². The van der Waals surface area contributed by atoms with Crippen LogP contribution in [-0.2, 0) is 0 Å². The Hall–Kier alpha value is -0.810. The monoisotopic (exact) mass is 258 g/mol. The van der Waals surface area contributed by atoms with Crippen LogP contribution in [0.3, 0.4) is 0 Å². The molecule has 5 heteroatoms. The van der Waals surface area contributed by atoms with Gasteiger partial charge in [-0.1, -0.05) is 0 Å². The topological polar surface area (TPSA) is 59.5 Å². The molecule has 1 saturated heterocycles. The number of furan rings is 1. The summed E-state index contributed by atoms with van der Waals surface area (Å²) in [5.41, 5.74) is 6.29. The Morgan fingerprint density at radius 2 is 2.50 bits per heavy atom. The highest BCUT2D eigenvalue weighted by molar-refractivity contribution is 9.10. The Kier molecular flexibility index (Phi) is 2.60. The van der Waals surface area contributed by atoms with Crippen LogP contribution in [0.25, 0.3) is 0 Å². The lowest BCUT2D eigenvalue weighted by atomic mass is 10.3. The summed E-state index contributed by atoms with van der Waals surface area (Å²) in [5.74, 6) is -0.0152. The van der Waals surface area contributed by atoms with Crippen LogP contribution in [0.5, 0.6) is 0 Å². The van der Waals surface area contributed by atoms with Gasteiger partial charge in [-0.15, -0.1) is 0 Å². The van der Waals surface area contributed by atoms with Crippen LogP contribution in [0.1, 0.15) is 16.8 Å². The molecule has 1 atom stereocenters. The first-order chi connectivity index (χ1) is 6.68. The van der Waals surface area contributed by atoms with E-state index in [1.165, 1.54) is 6.26 Å². The van der Waals surface area contributed by atoms with Crippen molar-refractivity contribution >= 4 is 21.8 Å². The van der Waals surface area contributed by atoms with Crippen molar-refractivity contribution in [1.29, 1.82) is 0 Å². The zero-order valence-corrected chi connectivity index (χ0v) is 9.16. The normalized spacial score (nSPS) is 21.6. The molecule has 0 spiro atoms. The van der Waals surface area contributed by atoms with Gasteiger partial charge < -0.3 is 15.1 Å². The largest absolute Gasteiger partial charge is 0.457 e. The first-order valence-electron chi connectivity index (χ1n) is 4.46. The number of hydrogen-bond donors (Lipinski definition) is 1. The van der Waals surface area contributed by atoms with Gasteiger partial charge in [-0.25, -0.2) is 0 Å². The van der Waals surface area contributed by atoms with Crippen molar-refractivity contribution in [2.24, 2.45) is 5.73 Å². The first-order valence-corrected chi connectivity index (χ1v) is 5.25. The Balaban J connectivity index is 2.13. The molecule has 1 amide bonds. The fourth-order valence-electron chi connectivity index (χ4n) is 1.59. The van der Waals surface area contributed by atoms with Crippen molar-refractivity contribution in [3.63, 3.8) is 0 Å². The van der Waals surface area contributed by atoms with Gasteiger partial charge in [-0.2, -0.15) is 0 Å². The van der Waals surface area contributed by atoms with Crippen molar-refractivity contribution in [2.45, 2.75) is 12.5 Å². The van der Waals surface area contributed by atoms with Crippen LogP contribution in [0.2, 0.25) is 0 Å². The number of likely N-dealkylation sites (tertiary alicyclic amines) is 1. The number of amides is 1. The highest BCUT2D eigenvalue weighted by Gasteiger charge is 2.26. The van der Waals surface area contributed by atoms with E-state index in [4.69, 9.17) is 10.2 Å². The lowest BCUT2D eigenvalue weighted by molar-refractivity contribution is 0.0789. The predicted octanol–water partition coefficient (Wildman–Crippen LogP) is 1.22. The summed E-state index contributed by atoms with van der Waals surface area (Å²) in [6.07, 6.45) is 2.37. The summed E-state index contributed by atoms with van der Waals surface area (Å²) >= 11 is 3.18. The Morgan fingerprint density at radius 3 is 3.00 bits per heavy atom. The third kappa shape index (κ3) is 1.69. The number of halogens is 1. The third-order valence-corrected chi connectivity index (χ3v) is 2.97. The molecule has 2 N–H and O–H groups in total. The van der Waals surface area contributed by atoms with Gasteiger partial charge in [0.25, 0.3) is 5.91 Å². The van der Waals surface area contributed by atoms with Gasteiger partial charge in [-0.05, 0) is 28.4 Å². The van der Waals surface area contributed by atoms with Crippen molar-refractivity contribution in [1.82, 2.24) is 4.90 Å². The molecule has 0 bridgehead atoms. The minimum atomic E-state index is -0.0152. The van der Waals surface area contributed by atoms with E-state index in [1.54, 1.807) is 11.0 Å². The fourth-order valence-corrected chi connectivity index (χ4v) is 2.00. The minimum Gasteiger partial charge on any atom is -0.457 e. The van der Waals surface area contributed by atoms with Gasteiger partial charge in [0.1, 0.15) is 0 Å². The molecule has 1 aromatic rings. The van der Waals surface area contributed by atoms with E-state index < -0.39 is 0 Å². The maximum Gasteiger partial charge on any atom is 0.258 e. The number of hydrogen-bond acceptors (Lipinski definition) is 3. The van der Waals surface area contributed by atoms with Crippen LogP contribution >= 0.6 is 15.9 Å². The van der Waals surface area contributed by atoms with Crippen molar-refractivity contribution in [3.8, 4) is 0 Å². The molecule has 1 aliphatic heterocycles. The molecular formula is C9H11BrN2O2. The minimum absolute atomic E-state index is 0.0152. The predicted molar refractivity (Wildman–Crippen MR) is 54.9 cm³/mol. The van der Waals surface area contributed by atoms with Crippen molar-refractivity contribution < 1.29 is 9.21 Å². The van der Waals surface area contributed by atoms with Gasteiger partial charge in [0.05, 0.1) is 11.8 Å². The average molecular weight is 259 g/mol. The number of nitrogens with zero attached hydrogens (tertiary/aromatic N) is 1. The van der Waals surface area contributed by atoms with E-state index in [0.717, 1.165) is 13.0 Å². The second-order valence-electron chi connectivity index (χ2n) is 3.41. The second kappa shape index (κ2) is 3.74. The molecule has 76 valence electrons. The van der Waals surface area contributed by atoms with Gasteiger partial charge in [0.2, 0.25) is 0 Å². The van der Waals surface area contributed by atoms with Crippen LogP contribution < -0.4 is 5.73 Å². The quantitative estimate of drug-likeness (QED) is 0.824. The summed E-state index contributed by atoms with van der Waals surface area (Å²) in [4.78, 5) is 13.6. The molecule has 14 heavy (non-hydrogen) atoms. The van der Waals surface area contributed by atoms with E-state index in [-0.39, 0.29) is 11.9 Å². The van der Waals surface area contributed by atoms with E-state index >= 15 is 0 Å². The van der Waals surface area contributed by atoms with Gasteiger partial charge in [0, 0.05) is 19.1 Å².